The number of hydrogen-bond acceptors (Lipinski definition) is 7. The van der Waals surface area contributed by atoms with Crippen LogP contribution in [0.2, 0.25) is 0 Å². The van der Waals surface area contributed by atoms with E-state index < -0.39 is 0 Å². The van der Waals surface area contributed by atoms with E-state index in [2.05, 4.69) is 15.3 Å². The maximum absolute atomic E-state index is 12.8. The Morgan fingerprint density at radius 3 is 2.83 bits per heavy atom. The van der Waals surface area contributed by atoms with Crippen molar-refractivity contribution in [1.82, 2.24) is 20.2 Å². The van der Waals surface area contributed by atoms with Gasteiger partial charge in [0.1, 0.15) is 18.4 Å². The molecule has 3 heterocycles. The Bertz CT molecular complexity index is 689. The average Bonchev–Trinajstić information content (AvgIpc) is 3.17. The smallest absolute Gasteiger partial charge is 0.249 e. The molecule has 130 valence electrons. The van der Waals surface area contributed by atoms with Crippen LogP contribution in [0.15, 0.2) is 9.05 Å². The van der Waals surface area contributed by atoms with Gasteiger partial charge in [-0.15, -0.1) is 0 Å². The fourth-order valence-corrected chi connectivity index (χ4v) is 3.08. The van der Waals surface area contributed by atoms with Crippen LogP contribution in [0.25, 0.3) is 0 Å². The van der Waals surface area contributed by atoms with Crippen molar-refractivity contribution in [3.63, 3.8) is 0 Å². The third-order valence-electron chi connectivity index (χ3n) is 4.37. The predicted molar refractivity (Wildman–Crippen MR) is 83.0 cm³/mol. The number of carbonyl (C=O) groups is 1. The fraction of sp³-hybridized carbons (Fsp3) is 0.625. The van der Waals surface area contributed by atoms with E-state index in [-0.39, 0.29) is 18.4 Å². The quantitative estimate of drug-likeness (QED) is 0.826. The van der Waals surface area contributed by atoms with E-state index in [0.717, 1.165) is 30.5 Å². The summed E-state index contributed by atoms with van der Waals surface area (Å²) in [7, 11) is 1.58. The molecular formula is C16H22N4O4. The summed E-state index contributed by atoms with van der Waals surface area (Å²) in [6.07, 6.45) is 3.10. The second-order valence-corrected chi connectivity index (χ2v) is 6.06. The number of carbonyl (C=O) groups excluding carboxylic acids is 1. The standard InChI is InChI=1S/C16H22N4O4/c1-10-12(11(2)23-18-10)8-15(21)20-7-5-4-6-13(20)16-17-14(9-22-3)19-24-16/h13H,4-9H2,1-3H3/t13-/m1/s1. The SMILES string of the molecule is COCc1noc([C@H]2CCCCN2C(=O)Cc2c(C)noc2C)n1. The Hall–Kier alpha value is -2.22. The van der Waals surface area contributed by atoms with E-state index in [0.29, 0.717) is 30.6 Å². The molecular weight excluding hydrogens is 312 g/mol. The number of piperidine rings is 1. The second-order valence-electron chi connectivity index (χ2n) is 6.06. The van der Waals surface area contributed by atoms with Gasteiger partial charge in [0.2, 0.25) is 11.8 Å². The second kappa shape index (κ2) is 7.12. The first-order chi connectivity index (χ1) is 11.6. The van der Waals surface area contributed by atoms with E-state index in [9.17, 15) is 4.79 Å². The summed E-state index contributed by atoms with van der Waals surface area (Å²) < 4.78 is 15.5. The van der Waals surface area contributed by atoms with E-state index in [4.69, 9.17) is 13.8 Å². The van der Waals surface area contributed by atoms with Gasteiger partial charge in [-0.2, -0.15) is 4.98 Å². The van der Waals surface area contributed by atoms with Crippen molar-refractivity contribution in [2.45, 2.75) is 52.2 Å². The van der Waals surface area contributed by atoms with Crippen molar-refractivity contribution in [2.24, 2.45) is 0 Å². The summed E-state index contributed by atoms with van der Waals surface area (Å²) >= 11 is 0. The van der Waals surface area contributed by atoms with E-state index in [1.807, 2.05) is 18.7 Å². The zero-order valence-electron chi connectivity index (χ0n) is 14.2. The van der Waals surface area contributed by atoms with E-state index in [1.165, 1.54) is 0 Å². The van der Waals surface area contributed by atoms with Crippen molar-refractivity contribution < 1.29 is 18.6 Å². The van der Waals surface area contributed by atoms with Gasteiger partial charge in [0.15, 0.2) is 5.82 Å². The van der Waals surface area contributed by atoms with Crippen LogP contribution in [0.5, 0.6) is 0 Å². The van der Waals surface area contributed by atoms with Crippen LogP contribution in [0, 0.1) is 13.8 Å². The first kappa shape index (κ1) is 16.6. The van der Waals surface area contributed by atoms with Gasteiger partial charge in [0, 0.05) is 19.2 Å². The lowest BCUT2D eigenvalue weighted by atomic mass is 10.0. The molecule has 8 nitrogen and oxygen atoms in total. The number of nitrogens with zero attached hydrogens (tertiary/aromatic N) is 4. The molecule has 2 aromatic heterocycles. The highest BCUT2D eigenvalue weighted by molar-refractivity contribution is 5.79. The summed E-state index contributed by atoms with van der Waals surface area (Å²) in [6.45, 7) is 4.66. The number of aryl methyl sites for hydroxylation is 2. The van der Waals surface area contributed by atoms with E-state index >= 15 is 0 Å². The third-order valence-corrected chi connectivity index (χ3v) is 4.37. The summed E-state index contributed by atoms with van der Waals surface area (Å²) in [5.41, 5.74) is 1.62. The molecule has 24 heavy (non-hydrogen) atoms. The van der Waals surface area contributed by atoms with Gasteiger partial charge in [-0.25, -0.2) is 0 Å². The molecule has 0 bridgehead atoms. The van der Waals surface area contributed by atoms with Crippen molar-refractivity contribution in [3.8, 4) is 0 Å². The Labute approximate surface area is 140 Å². The zero-order valence-corrected chi connectivity index (χ0v) is 14.2. The minimum Gasteiger partial charge on any atom is -0.377 e. The molecule has 1 amide bonds. The van der Waals surface area contributed by atoms with Crippen LogP contribution < -0.4 is 0 Å². The van der Waals surface area contributed by atoms with Crippen LogP contribution in [-0.2, 0) is 22.6 Å². The highest BCUT2D eigenvalue weighted by Gasteiger charge is 2.32. The van der Waals surface area contributed by atoms with Crippen LogP contribution in [0.1, 0.15) is 54.0 Å². The molecule has 0 radical (unpaired) electrons. The first-order valence-corrected chi connectivity index (χ1v) is 8.12. The molecule has 1 fully saturated rings. The minimum atomic E-state index is -0.176. The average molecular weight is 334 g/mol. The summed E-state index contributed by atoms with van der Waals surface area (Å²) in [4.78, 5) is 19.0. The molecule has 1 saturated heterocycles. The lowest BCUT2D eigenvalue weighted by molar-refractivity contribution is -0.135. The van der Waals surface area contributed by atoms with Gasteiger partial charge in [-0.1, -0.05) is 10.3 Å². The molecule has 1 aliphatic rings. The molecule has 0 N–H and O–H groups in total. The highest BCUT2D eigenvalue weighted by atomic mass is 16.5. The number of ether oxygens (including phenoxy) is 1. The monoisotopic (exact) mass is 334 g/mol. The number of methoxy groups -OCH3 is 1. The molecule has 0 unspecified atom stereocenters. The van der Waals surface area contributed by atoms with Crippen LogP contribution in [0.4, 0.5) is 0 Å². The number of amides is 1. The van der Waals surface area contributed by atoms with Gasteiger partial charge in [-0.05, 0) is 33.1 Å². The van der Waals surface area contributed by atoms with Crippen molar-refractivity contribution >= 4 is 5.91 Å². The van der Waals surface area contributed by atoms with Crippen LogP contribution in [-0.4, -0.2) is 39.8 Å². The maximum atomic E-state index is 12.8. The van der Waals surface area contributed by atoms with Gasteiger partial charge < -0.3 is 18.7 Å². The molecule has 0 spiro atoms. The molecule has 0 aromatic carbocycles. The number of hydrogen-bond donors (Lipinski definition) is 0. The third kappa shape index (κ3) is 3.33. The van der Waals surface area contributed by atoms with Gasteiger partial charge in [-0.3, -0.25) is 4.79 Å². The summed E-state index contributed by atoms with van der Waals surface area (Å²) in [5, 5.41) is 7.82. The number of rotatable bonds is 5. The lowest BCUT2D eigenvalue weighted by Crippen LogP contribution is -2.39. The molecule has 3 rings (SSSR count). The van der Waals surface area contributed by atoms with Crippen molar-refractivity contribution in [2.75, 3.05) is 13.7 Å². The molecule has 2 aromatic rings. The minimum absolute atomic E-state index is 0.0283. The number of aromatic nitrogens is 3. The van der Waals surface area contributed by atoms with E-state index in [1.54, 1.807) is 7.11 Å². The van der Waals surface area contributed by atoms with Crippen LogP contribution >= 0.6 is 0 Å². The lowest BCUT2D eigenvalue weighted by Gasteiger charge is -2.33. The molecule has 0 saturated carbocycles. The Morgan fingerprint density at radius 2 is 2.12 bits per heavy atom. The Balaban J connectivity index is 1.77. The Morgan fingerprint density at radius 1 is 1.29 bits per heavy atom. The molecule has 1 aliphatic heterocycles. The summed E-state index contributed by atoms with van der Waals surface area (Å²) in [5.74, 6) is 1.69. The maximum Gasteiger partial charge on any atom is 0.249 e. The van der Waals surface area contributed by atoms with Crippen molar-refractivity contribution in [1.29, 1.82) is 0 Å². The zero-order chi connectivity index (χ0) is 17.1. The normalized spacial score (nSPS) is 18.1. The first-order valence-electron chi connectivity index (χ1n) is 8.12. The van der Waals surface area contributed by atoms with Gasteiger partial charge >= 0.3 is 0 Å². The number of likely N-dealkylation sites (tertiary alicyclic amines) is 1. The summed E-state index contributed by atoms with van der Waals surface area (Å²) in [6, 6.07) is -0.176. The van der Waals surface area contributed by atoms with Crippen LogP contribution in [0.3, 0.4) is 0 Å². The Kier molecular flexibility index (Phi) is 4.94. The molecule has 8 heteroatoms. The van der Waals surface area contributed by atoms with Gasteiger partial charge in [0.25, 0.3) is 0 Å². The largest absolute Gasteiger partial charge is 0.377 e. The predicted octanol–water partition coefficient (Wildman–Crippen LogP) is 2.12. The van der Waals surface area contributed by atoms with Crippen molar-refractivity contribution in [3.05, 3.63) is 28.7 Å². The van der Waals surface area contributed by atoms with Gasteiger partial charge in [0.05, 0.1) is 12.1 Å². The molecule has 0 aliphatic carbocycles. The topological polar surface area (TPSA) is 94.5 Å². The fourth-order valence-electron chi connectivity index (χ4n) is 3.08. The highest BCUT2D eigenvalue weighted by Crippen LogP contribution is 2.31. The molecule has 1 atom stereocenters.